The molecule has 31 heavy (non-hydrogen) atoms. The SMILES string of the molecule is CN(C)c1cc(N[C@H]2CC[C@@H](CNC(=O)c3ccc(I)cc3)CC2)nc2ccccc12. The zero-order valence-corrected chi connectivity index (χ0v) is 20.2. The highest BCUT2D eigenvalue weighted by atomic mass is 127. The number of carbonyl (C=O) groups excluding carboxylic acids is 1. The van der Waals surface area contributed by atoms with Crippen molar-refractivity contribution in [1.82, 2.24) is 10.3 Å². The van der Waals surface area contributed by atoms with Gasteiger partial charge in [0.1, 0.15) is 5.82 Å². The maximum absolute atomic E-state index is 12.4. The van der Waals surface area contributed by atoms with Gasteiger partial charge < -0.3 is 15.5 Å². The number of rotatable bonds is 6. The highest BCUT2D eigenvalue weighted by molar-refractivity contribution is 14.1. The molecule has 0 atom stereocenters. The van der Waals surface area contributed by atoms with E-state index in [4.69, 9.17) is 4.98 Å². The highest BCUT2D eigenvalue weighted by Crippen LogP contribution is 2.30. The molecule has 1 heterocycles. The first-order chi connectivity index (χ1) is 15.0. The normalized spacial score (nSPS) is 18.5. The smallest absolute Gasteiger partial charge is 0.251 e. The number of anilines is 2. The number of pyridine rings is 1. The number of benzene rings is 2. The molecule has 0 radical (unpaired) electrons. The van der Waals surface area contributed by atoms with E-state index in [9.17, 15) is 4.79 Å². The van der Waals surface area contributed by atoms with Crippen molar-refractivity contribution in [2.24, 2.45) is 5.92 Å². The topological polar surface area (TPSA) is 57.3 Å². The third-order valence-electron chi connectivity index (χ3n) is 6.03. The third-order valence-corrected chi connectivity index (χ3v) is 6.75. The fraction of sp³-hybridized carbons (Fsp3) is 0.360. The van der Waals surface area contributed by atoms with Crippen LogP contribution in [0.5, 0.6) is 0 Å². The van der Waals surface area contributed by atoms with Gasteiger partial charge in [-0.05, 0) is 84.5 Å². The lowest BCUT2D eigenvalue weighted by molar-refractivity contribution is 0.0943. The first-order valence-electron chi connectivity index (χ1n) is 10.9. The average molecular weight is 528 g/mol. The number of amides is 1. The molecular weight excluding hydrogens is 499 g/mol. The van der Waals surface area contributed by atoms with Crippen molar-refractivity contribution in [2.75, 3.05) is 30.9 Å². The molecule has 162 valence electrons. The summed E-state index contributed by atoms with van der Waals surface area (Å²) in [6, 6.07) is 18.6. The van der Waals surface area contributed by atoms with Gasteiger partial charge in [-0.25, -0.2) is 4.98 Å². The molecule has 0 bridgehead atoms. The Morgan fingerprint density at radius 2 is 1.77 bits per heavy atom. The van der Waals surface area contributed by atoms with Gasteiger partial charge >= 0.3 is 0 Å². The Bertz CT molecular complexity index is 1040. The molecule has 0 aliphatic heterocycles. The van der Waals surface area contributed by atoms with Gasteiger partial charge in [-0.1, -0.05) is 18.2 Å². The first kappa shape index (κ1) is 21.9. The number of fused-ring (bicyclic) bond motifs is 1. The fourth-order valence-corrected chi connectivity index (χ4v) is 4.62. The molecule has 0 unspecified atom stereocenters. The fourth-order valence-electron chi connectivity index (χ4n) is 4.26. The molecule has 3 aromatic rings. The van der Waals surface area contributed by atoms with Crippen LogP contribution in [0.1, 0.15) is 36.0 Å². The molecule has 1 saturated carbocycles. The van der Waals surface area contributed by atoms with Crippen LogP contribution in [0.25, 0.3) is 10.9 Å². The monoisotopic (exact) mass is 528 g/mol. The van der Waals surface area contributed by atoms with E-state index in [-0.39, 0.29) is 5.91 Å². The Labute approximate surface area is 197 Å². The summed E-state index contributed by atoms with van der Waals surface area (Å²) in [6.07, 6.45) is 4.41. The first-order valence-corrected chi connectivity index (χ1v) is 11.9. The second-order valence-corrected chi connectivity index (χ2v) is 9.76. The van der Waals surface area contributed by atoms with E-state index in [1.807, 2.05) is 30.3 Å². The van der Waals surface area contributed by atoms with Crippen LogP contribution in [-0.4, -0.2) is 37.6 Å². The molecular formula is C25H29IN4O. The molecule has 1 aromatic heterocycles. The largest absolute Gasteiger partial charge is 0.377 e. The van der Waals surface area contributed by atoms with E-state index < -0.39 is 0 Å². The minimum absolute atomic E-state index is 0.0215. The number of nitrogens with one attached hydrogen (secondary N) is 2. The van der Waals surface area contributed by atoms with Gasteiger partial charge in [0.2, 0.25) is 0 Å². The summed E-state index contributed by atoms with van der Waals surface area (Å²) in [7, 11) is 4.14. The van der Waals surface area contributed by atoms with Crippen LogP contribution in [0.4, 0.5) is 11.5 Å². The van der Waals surface area contributed by atoms with Crippen LogP contribution >= 0.6 is 22.6 Å². The lowest BCUT2D eigenvalue weighted by atomic mass is 9.86. The van der Waals surface area contributed by atoms with E-state index in [1.165, 1.54) is 11.1 Å². The van der Waals surface area contributed by atoms with Gasteiger partial charge in [0, 0.05) is 53.0 Å². The van der Waals surface area contributed by atoms with Gasteiger partial charge in [-0.3, -0.25) is 4.79 Å². The molecule has 1 fully saturated rings. The summed E-state index contributed by atoms with van der Waals surface area (Å²) in [4.78, 5) is 19.3. The number of halogens is 1. The summed E-state index contributed by atoms with van der Waals surface area (Å²) in [5.74, 6) is 1.50. The molecule has 2 aromatic carbocycles. The van der Waals surface area contributed by atoms with Crippen LogP contribution in [0, 0.1) is 9.49 Å². The van der Waals surface area contributed by atoms with Crippen molar-refractivity contribution in [3.05, 3.63) is 63.7 Å². The Hall–Kier alpha value is -2.35. The third kappa shape index (κ3) is 5.47. The van der Waals surface area contributed by atoms with E-state index in [1.54, 1.807) is 0 Å². The minimum atomic E-state index is 0.0215. The van der Waals surface area contributed by atoms with Crippen LogP contribution < -0.4 is 15.5 Å². The summed E-state index contributed by atoms with van der Waals surface area (Å²) >= 11 is 2.25. The Morgan fingerprint density at radius 1 is 1.06 bits per heavy atom. The molecule has 0 spiro atoms. The quantitative estimate of drug-likeness (QED) is 0.426. The van der Waals surface area contributed by atoms with E-state index in [0.29, 0.717) is 12.0 Å². The van der Waals surface area contributed by atoms with Crippen LogP contribution in [0.3, 0.4) is 0 Å². The van der Waals surface area contributed by atoms with Crippen LogP contribution in [0.15, 0.2) is 54.6 Å². The average Bonchev–Trinajstić information content (AvgIpc) is 2.78. The summed E-state index contributed by atoms with van der Waals surface area (Å²) in [5.41, 5.74) is 2.93. The second kappa shape index (κ2) is 9.85. The van der Waals surface area contributed by atoms with E-state index in [2.05, 4.69) is 76.5 Å². The molecule has 4 rings (SSSR count). The number of aromatic nitrogens is 1. The molecule has 1 aliphatic rings. The highest BCUT2D eigenvalue weighted by Gasteiger charge is 2.22. The van der Waals surface area contributed by atoms with Crippen molar-refractivity contribution < 1.29 is 4.79 Å². The van der Waals surface area contributed by atoms with Gasteiger partial charge in [0.15, 0.2) is 0 Å². The van der Waals surface area contributed by atoms with Crippen LogP contribution in [-0.2, 0) is 0 Å². The molecule has 1 aliphatic carbocycles. The zero-order valence-electron chi connectivity index (χ0n) is 18.1. The maximum atomic E-state index is 12.4. The number of hydrogen-bond acceptors (Lipinski definition) is 4. The second-order valence-electron chi connectivity index (χ2n) is 8.52. The molecule has 6 heteroatoms. The van der Waals surface area contributed by atoms with Gasteiger partial charge in [0.05, 0.1) is 5.52 Å². The molecule has 0 saturated heterocycles. The lowest BCUT2D eigenvalue weighted by Gasteiger charge is -2.30. The van der Waals surface area contributed by atoms with Crippen molar-refractivity contribution in [3.63, 3.8) is 0 Å². The zero-order chi connectivity index (χ0) is 21.8. The standard InChI is InChI=1S/C25H29IN4O/c1-30(2)23-15-24(29-22-6-4-3-5-21(22)23)28-20-13-7-17(8-14-20)16-27-25(31)18-9-11-19(26)12-10-18/h3-6,9-12,15,17,20H,7-8,13-14,16H2,1-2H3,(H,27,31)(H,28,29)/t17-,20+. The van der Waals surface area contributed by atoms with E-state index >= 15 is 0 Å². The van der Waals surface area contributed by atoms with Crippen molar-refractivity contribution in [3.8, 4) is 0 Å². The molecule has 2 N–H and O–H groups in total. The van der Waals surface area contributed by atoms with Gasteiger partial charge in [-0.15, -0.1) is 0 Å². The predicted octanol–water partition coefficient (Wildman–Crippen LogP) is 5.31. The summed E-state index contributed by atoms with van der Waals surface area (Å²) in [6.45, 7) is 0.747. The number of para-hydroxylation sites is 1. The summed E-state index contributed by atoms with van der Waals surface area (Å²) in [5, 5.41) is 7.94. The molecule has 1 amide bonds. The van der Waals surface area contributed by atoms with Crippen LogP contribution in [0.2, 0.25) is 0 Å². The van der Waals surface area contributed by atoms with Crippen molar-refractivity contribution in [1.29, 1.82) is 0 Å². The number of nitrogens with zero attached hydrogens (tertiary/aromatic N) is 2. The van der Waals surface area contributed by atoms with Gasteiger partial charge in [-0.2, -0.15) is 0 Å². The van der Waals surface area contributed by atoms with Crippen molar-refractivity contribution >= 4 is 50.9 Å². The Kier molecular flexibility index (Phi) is 6.95. The molecule has 5 nitrogen and oxygen atoms in total. The predicted molar refractivity (Wildman–Crippen MR) is 137 cm³/mol. The Morgan fingerprint density at radius 3 is 2.48 bits per heavy atom. The number of hydrogen-bond donors (Lipinski definition) is 2. The maximum Gasteiger partial charge on any atom is 0.251 e. The Balaban J connectivity index is 1.31. The lowest BCUT2D eigenvalue weighted by Crippen LogP contribution is -2.34. The van der Waals surface area contributed by atoms with Gasteiger partial charge in [0.25, 0.3) is 5.91 Å². The minimum Gasteiger partial charge on any atom is -0.377 e. The van der Waals surface area contributed by atoms with Crippen molar-refractivity contribution in [2.45, 2.75) is 31.7 Å². The van der Waals surface area contributed by atoms with E-state index in [0.717, 1.165) is 52.7 Å². The number of carbonyl (C=O) groups is 1. The summed E-state index contributed by atoms with van der Waals surface area (Å²) < 4.78 is 1.14.